The van der Waals surface area contributed by atoms with Gasteiger partial charge in [-0.2, -0.15) is 10.2 Å². The number of hydrogen-bond acceptors (Lipinski definition) is 6. The highest BCUT2D eigenvalue weighted by atomic mass is 35.5. The maximum absolute atomic E-state index is 10.1. The van der Waals surface area contributed by atoms with Gasteiger partial charge in [-0.15, -0.1) is 0 Å². The minimum Gasteiger partial charge on any atom is -0.506 e. The van der Waals surface area contributed by atoms with Crippen LogP contribution in [0.3, 0.4) is 0 Å². The van der Waals surface area contributed by atoms with Crippen molar-refractivity contribution in [1.29, 1.82) is 0 Å². The fourth-order valence-corrected chi connectivity index (χ4v) is 2.50. The van der Waals surface area contributed by atoms with Gasteiger partial charge >= 0.3 is 0 Å². The Morgan fingerprint density at radius 2 is 2.33 bits per heavy atom. The molecule has 4 N–H and O–H groups in total. The molecule has 0 unspecified atom stereocenters. The lowest BCUT2D eigenvalue weighted by Gasteiger charge is -2.24. The molecule has 0 aliphatic carbocycles. The molecule has 3 rings (SSSR count). The third kappa shape index (κ3) is 2.45. The molecular weight excluding hydrogens is 292 g/mol. The Hall–Kier alpha value is -2.12. The second-order valence-corrected chi connectivity index (χ2v) is 5.31. The maximum Gasteiger partial charge on any atom is 0.143 e. The molecule has 0 radical (unpaired) electrons. The SMILES string of the molecule is CC(=NC1CNC1)/C(=N\N)c1cc(O)c2c(Cl)cnn2c1. The van der Waals surface area contributed by atoms with E-state index in [1.165, 1.54) is 10.7 Å². The van der Waals surface area contributed by atoms with Gasteiger partial charge in [0.25, 0.3) is 0 Å². The van der Waals surface area contributed by atoms with E-state index in [-0.39, 0.29) is 11.8 Å². The van der Waals surface area contributed by atoms with Crippen LogP contribution < -0.4 is 11.2 Å². The first-order chi connectivity index (χ1) is 10.1. The number of fused-ring (bicyclic) bond motifs is 1. The molecular formula is C13H15ClN6O. The fraction of sp³-hybridized carbons (Fsp3) is 0.308. The largest absolute Gasteiger partial charge is 0.506 e. The van der Waals surface area contributed by atoms with Crippen molar-refractivity contribution in [2.45, 2.75) is 13.0 Å². The molecule has 8 heteroatoms. The highest BCUT2D eigenvalue weighted by Crippen LogP contribution is 2.27. The fourth-order valence-electron chi connectivity index (χ4n) is 2.27. The maximum atomic E-state index is 10.1. The third-order valence-electron chi connectivity index (χ3n) is 3.43. The summed E-state index contributed by atoms with van der Waals surface area (Å²) in [5.41, 5.74) is 2.33. The van der Waals surface area contributed by atoms with Gasteiger partial charge in [-0.25, -0.2) is 4.52 Å². The Labute approximate surface area is 126 Å². The monoisotopic (exact) mass is 306 g/mol. The third-order valence-corrected chi connectivity index (χ3v) is 3.70. The van der Waals surface area contributed by atoms with Crippen molar-refractivity contribution in [2.75, 3.05) is 13.1 Å². The number of nitrogens with zero attached hydrogens (tertiary/aromatic N) is 4. The molecule has 1 fully saturated rings. The van der Waals surface area contributed by atoms with E-state index < -0.39 is 0 Å². The van der Waals surface area contributed by atoms with Gasteiger partial charge in [0.2, 0.25) is 0 Å². The number of nitrogens with two attached hydrogens (primary N) is 1. The second kappa shape index (κ2) is 5.34. The molecule has 1 aliphatic heterocycles. The topological polar surface area (TPSA) is 100 Å². The van der Waals surface area contributed by atoms with Crippen LogP contribution in [-0.4, -0.2) is 45.3 Å². The normalized spacial score (nSPS) is 17.2. The Balaban J connectivity index is 2.03. The predicted octanol–water partition coefficient (Wildman–Crippen LogP) is 0.789. The summed E-state index contributed by atoms with van der Waals surface area (Å²) in [7, 11) is 0. The van der Waals surface area contributed by atoms with Gasteiger partial charge < -0.3 is 16.3 Å². The highest BCUT2D eigenvalue weighted by Gasteiger charge is 2.18. The van der Waals surface area contributed by atoms with E-state index in [4.69, 9.17) is 17.4 Å². The average Bonchev–Trinajstić information content (AvgIpc) is 2.77. The summed E-state index contributed by atoms with van der Waals surface area (Å²) in [5, 5.41) is 21.5. The number of halogens is 1. The van der Waals surface area contributed by atoms with Crippen LogP contribution in [0.2, 0.25) is 5.02 Å². The molecule has 21 heavy (non-hydrogen) atoms. The zero-order chi connectivity index (χ0) is 15.0. The van der Waals surface area contributed by atoms with E-state index in [0.717, 1.165) is 18.8 Å². The number of hydrazone groups is 1. The number of pyridine rings is 1. The Morgan fingerprint density at radius 3 is 2.95 bits per heavy atom. The van der Waals surface area contributed by atoms with Crippen LogP contribution in [0.25, 0.3) is 5.52 Å². The predicted molar refractivity (Wildman–Crippen MR) is 82.4 cm³/mol. The van der Waals surface area contributed by atoms with Crippen LogP contribution in [0.4, 0.5) is 0 Å². The first-order valence-corrected chi connectivity index (χ1v) is 6.87. The lowest BCUT2D eigenvalue weighted by Crippen LogP contribution is -2.46. The molecule has 0 bridgehead atoms. The molecule has 2 aromatic rings. The molecule has 3 heterocycles. The quantitative estimate of drug-likeness (QED) is 0.443. The zero-order valence-corrected chi connectivity index (χ0v) is 12.2. The molecule has 1 aliphatic rings. The van der Waals surface area contributed by atoms with Crippen molar-refractivity contribution < 1.29 is 5.11 Å². The van der Waals surface area contributed by atoms with E-state index in [1.807, 2.05) is 6.92 Å². The summed E-state index contributed by atoms with van der Waals surface area (Å²) in [6, 6.07) is 1.81. The number of aromatic hydroxyl groups is 1. The molecule has 0 amide bonds. The lowest BCUT2D eigenvalue weighted by atomic mass is 10.1. The van der Waals surface area contributed by atoms with Crippen LogP contribution in [0.5, 0.6) is 5.75 Å². The van der Waals surface area contributed by atoms with Gasteiger partial charge in [0.15, 0.2) is 0 Å². The molecule has 0 spiro atoms. The van der Waals surface area contributed by atoms with Gasteiger partial charge in [-0.3, -0.25) is 4.99 Å². The highest BCUT2D eigenvalue weighted by molar-refractivity contribution is 6.47. The van der Waals surface area contributed by atoms with Crippen molar-refractivity contribution in [2.24, 2.45) is 15.9 Å². The average molecular weight is 307 g/mol. The van der Waals surface area contributed by atoms with Crippen LogP contribution in [0.15, 0.2) is 28.6 Å². The summed E-state index contributed by atoms with van der Waals surface area (Å²) in [6.07, 6.45) is 3.19. The van der Waals surface area contributed by atoms with Crippen molar-refractivity contribution >= 4 is 28.5 Å². The van der Waals surface area contributed by atoms with Crippen LogP contribution in [0.1, 0.15) is 12.5 Å². The first kappa shape index (κ1) is 13.8. The van der Waals surface area contributed by atoms with Crippen LogP contribution in [0, 0.1) is 0 Å². The minimum absolute atomic E-state index is 0.0225. The van der Waals surface area contributed by atoms with Crippen molar-refractivity contribution in [3.63, 3.8) is 0 Å². The van der Waals surface area contributed by atoms with E-state index >= 15 is 0 Å². The van der Waals surface area contributed by atoms with Crippen molar-refractivity contribution in [3.8, 4) is 5.75 Å². The lowest BCUT2D eigenvalue weighted by molar-refractivity contribution is 0.448. The minimum atomic E-state index is 0.0225. The van der Waals surface area contributed by atoms with Crippen molar-refractivity contribution in [3.05, 3.63) is 29.0 Å². The summed E-state index contributed by atoms with van der Waals surface area (Å²) in [4.78, 5) is 4.55. The standard InChI is InChI=1S/C13H15ClN6O/c1-7(18-9-3-16-4-9)12(19-15)8-2-11(21)13-10(14)5-17-20(13)6-8/h2,5-6,9,16,21H,3-4,15H2,1H3/b18-7?,19-12+. The van der Waals surface area contributed by atoms with Crippen LogP contribution in [-0.2, 0) is 0 Å². The molecule has 110 valence electrons. The number of aliphatic imine (C=N–C) groups is 1. The molecule has 2 aromatic heterocycles. The smallest absolute Gasteiger partial charge is 0.143 e. The van der Waals surface area contributed by atoms with E-state index in [9.17, 15) is 5.11 Å². The van der Waals surface area contributed by atoms with Crippen molar-refractivity contribution in [1.82, 2.24) is 14.9 Å². The Bertz CT molecular complexity index is 746. The number of rotatable bonds is 3. The molecule has 0 saturated carbocycles. The van der Waals surface area contributed by atoms with E-state index in [2.05, 4.69) is 20.5 Å². The number of hydrogen-bond donors (Lipinski definition) is 3. The van der Waals surface area contributed by atoms with Gasteiger partial charge in [0.1, 0.15) is 17.0 Å². The molecule has 7 nitrogen and oxygen atoms in total. The van der Waals surface area contributed by atoms with E-state index in [1.54, 1.807) is 12.3 Å². The Kier molecular flexibility index (Phi) is 3.52. The number of aromatic nitrogens is 2. The van der Waals surface area contributed by atoms with Gasteiger partial charge in [-0.1, -0.05) is 11.6 Å². The second-order valence-electron chi connectivity index (χ2n) is 4.90. The zero-order valence-electron chi connectivity index (χ0n) is 11.4. The van der Waals surface area contributed by atoms with E-state index in [0.29, 0.717) is 21.8 Å². The first-order valence-electron chi connectivity index (χ1n) is 6.49. The number of nitrogens with one attached hydrogen (secondary N) is 1. The summed E-state index contributed by atoms with van der Waals surface area (Å²) < 4.78 is 1.50. The van der Waals surface area contributed by atoms with Gasteiger partial charge in [0, 0.05) is 24.8 Å². The van der Waals surface area contributed by atoms with Gasteiger partial charge in [-0.05, 0) is 13.0 Å². The van der Waals surface area contributed by atoms with Crippen LogP contribution >= 0.6 is 11.6 Å². The summed E-state index contributed by atoms with van der Waals surface area (Å²) in [5.74, 6) is 5.52. The Morgan fingerprint density at radius 1 is 1.57 bits per heavy atom. The van der Waals surface area contributed by atoms with Gasteiger partial charge in [0.05, 0.1) is 23.0 Å². The molecule has 1 saturated heterocycles. The summed E-state index contributed by atoms with van der Waals surface area (Å²) >= 11 is 5.97. The molecule has 0 atom stereocenters. The summed E-state index contributed by atoms with van der Waals surface area (Å²) in [6.45, 7) is 3.56. The molecule has 0 aromatic carbocycles.